The lowest BCUT2D eigenvalue weighted by atomic mass is 9.96. The Balaban J connectivity index is 1.08. The van der Waals surface area contributed by atoms with E-state index in [1.807, 2.05) is 72.8 Å². The van der Waals surface area contributed by atoms with E-state index in [-0.39, 0.29) is 0 Å². The highest BCUT2D eigenvalue weighted by Crippen LogP contribution is 2.36. The molecular weight excluding hydrogens is 599 g/mol. The van der Waals surface area contributed by atoms with Crippen molar-refractivity contribution in [2.45, 2.75) is 0 Å². The lowest BCUT2D eigenvalue weighted by Crippen LogP contribution is -2.00. The molecule has 9 rings (SSSR count). The minimum Gasteiger partial charge on any atom is -0.456 e. The van der Waals surface area contributed by atoms with Gasteiger partial charge in [0, 0.05) is 27.5 Å². The third-order valence-electron chi connectivity index (χ3n) is 8.93. The first kappa shape index (κ1) is 28.6. The summed E-state index contributed by atoms with van der Waals surface area (Å²) >= 11 is 0. The Hall–Kier alpha value is -6.65. The molecule has 230 valence electrons. The molecule has 2 heterocycles. The van der Waals surface area contributed by atoms with Crippen LogP contribution in [0.3, 0.4) is 0 Å². The van der Waals surface area contributed by atoms with Gasteiger partial charge in [0.2, 0.25) is 0 Å². The van der Waals surface area contributed by atoms with Crippen LogP contribution in [0.2, 0.25) is 0 Å². The van der Waals surface area contributed by atoms with Gasteiger partial charge < -0.3 is 4.42 Å². The minimum absolute atomic E-state index is 0.601. The van der Waals surface area contributed by atoms with Crippen molar-refractivity contribution < 1.29 is 4.42 Å². The molecular formula is C45H29N3O. The second-order valence-corrected chi connectivity index (χ2v) is 12.1. The predicted molar refractivity (Wildman–Crippen MR) is 200 cm³/mol. The van der Waals surface area contributed by atoms with Crippen LogP contribution in [0.15, 0.2) is 180 Å². The summed E-state index contributed by atoms with van der Waals surface area (Å²) in [5.74, 6) is 1.87. The third-order valence-corrected chi connectivity index (χ3v) is 8.93. The SMILES string of the molecule is c1ccc(-c2cccc(-c3cccc(-c4ccc5c(c4)oc4cc(-c6nc(-c7ccccc7)nc(-c7ccccc7)n6)ccc45)c3)c2)cc1. The maximum Gasteiger partial charge on any atom is 0.164 e. The average molecular weight is 628 g/mol. The molecule has 0 aliphatic carbocycles. The predicted octanol–water partition coefficient (Wildman–Crippen LogP) is 11.8. The molecule has 9 aromatic rings. The van der Waals surface area contributed by atoms with Gasteiger partial charge in [-0.3, -0.25) is 0 Å². The first-order valence-electron chi connectivity index (χ1n) is 16.4. The third kappa shape index (κ3) is 5.56. The summed E-state index contributed by atoms with van der Waals surface area (Å²) in [7, 11) is 0. The summed E-state index contributed by atoms with van der Waals surface area (Å²) in [5, 5.41) is 2.13. The Morgan fingerprint density at radius 3 is 1.10 bits per heavy atom. The Morgan fingerprint density at radius 1 is 0.265 bits per heavy atom. The molecule has 49 heavy (non-hydrogen) atoms. The maximum atomic E-state index is 6.51. The van der Waals surface area contributed by atoms with Crippen LogP contribution in [0.25, 0.3) is 89.5 Å². The highest BCUT2D eigenvalue weighted by atomic mass is 16.3. The molecule has 4 nitrogen and oxygen atoms in total. The van der Waals surface area contributed by atoms with E-state index in [0.717, 1.165) is 49.8 Å². The lowest BCUT2D eigenvalue weighted by molar-refractivity contribution is 0.669. The summed E-state index contributed by atoms with van der Waals surface area (Å²) in [5.41, 5.74) is 11.4. The van der Waals surface area contributed by atoms with Crippen LogP contribution in [-0.2, 0) is 0 Å². The van der Waals surface area contributed by atoms with Crippen molar-refractivity contribution >= 4 is 21.9 Å². The number of aromatic nitrogens is 3. The standard InChI is InChI=1S/C45H29N3O/c1-4-12-30(13-5-1)33-18-10-19-34(26-33)35-20-11-21-36(27-35)37-22-24-39-40-25-23-38(29-42(40)49-41(39)28-37)45-47-43(31-14-6-2-7-15-31)46-44(48-45)32-16-8-3-9-17-32/h1-29H. The van der Waals surface area contributed by atoms with E-state index >= 15 is 0 Å². The van der Waals surface area contributed by atoms with E-state index in [1.54, 1.807) is 0 Å². The molecule has 0 spiro atoms. The van der Waals surface area contributed by atoms with Crippen LogP contribution in [0.5, 0.6) is 0 Å². The van der Waals surface area contributed by atoms with Gasteiger partial charge in [-0.05, 0) is 69.8 Å². The van der Waals surface area contributed by atoms with Crippen molar-refractivity contribution in [3.63, 3.8) is 0 Å². The van der Waals surface area contributed by atoms with Crippen molar-refractivity contribution in [2.24, 2.45) is 0 Å². The largest absolute Gasteiger partial charge is 0.456 e. The zero-order chi connectivity index (χ0) is 32.6. The average Bonchev–Trinajstić information content (AvgIpc) is 3.56. The fourth-order valence-electron chi connectivity index (χ4n) is 6.42. The van der Waals surface area contributed by atoms with Crippen molar-refractivity contribution in [3.8, 4) is 67.5 Å². The highest BCUT2D eigenvalue weighted by Gasteiger charge is 2.15. The van der Waals surface area contributed by atoms with Crippen LogP contribution in [0.1, 0.15) is 0 Å². The summed E-state index contributed by atoms with van der Waals surface area (Å²) in [6.07, 6.45) is 0. The second-order valence-electron chi connectivity index (χ2n) is 12.1. The molecule has 0 amide bonds. The number of hydrogen-bond acceptors (Lipinski definition) is 4. The zero-order valence-electron chi connectivity index (χ0n) is 26.5. The summed E-state index contributed by atoms with van der Waals surface area (Å²) < 4.78 is 6.51. The maximum absolute atomic E-state index is 6.51. The Morgan fingerprint density at radius 2 is 0.612 bits per heavy atom. The highest BCUT2D eigenvalue weighted by molar-refractivity contribution is 6.06. The smallest absolute Gasteiger partial charge is 0.164 e. The van der Waals surface area contributed by atoms with Crippen LogP contribution < -0.4 is 0 Å². The number of rotatable bonds is 6. The Labute approximate surface area is 284 Å². The first-order valence-corrected chi connectivity index (χ1v) is 16.4. The van der Waals surface area contributed by atoms with E-state index in [1.165, 1.54) is 22.3 Å². The zero-order valence-corrected chi connectivity index (χ0v) is 26.5. The van der Waals surface area contributed by atoms with Gasteiger partial charge in [0.25, 0.3) is 0 Å². The van der Waals surface area contributed by atoms with Crippen LogP contribution >= 0.6 is 0 Å². The fourth-order valence-corrected chi connectivity index (χ4v) is 6.42. The van der Waals surface area contributed by atoms with Crippen molar-refractivity contribution in [1.82, 2.24) is 15.0 Å². The first-order chi connectivity index (χ1) is 24.2. The van der Waals surface area contributed by atoms with Crippen molar-refractivity contribution in [1.29, 1.82) is 0 Å². The summed E-state index contributed by atoms with van der Waals surface area (Å²) in [6, 6.07) is 60.6. The van der Waals surface area contributed by atoms with Crippen LogP contribution in [0, 0.1) is 0 Å². The van der Waals surface area contributed by atoms with Gasteiger partial charge in [-0.25, -0.2) is 15.0 Å². The molecule has 0 fully saturated rings. The van der Waals surface area contributed by atoms with E-state index in [0.29, 0.717) is 17.5 Å². The lowest BCUT2D eigenvalue weighted by Gasteiger charge is -2.09. The molecule has 0 N–H and O–H groups in total. The van der Waals surface area contributed by atoms with Gasteiger partial charge in [-0.1, -0.05) is 140 Å². The second kappa shape index (κ2) is 12.2. The Kier molecular flexibility index (Phi) is 7.10. The Bertz CT molecular complexity index is 2540. The number of benzene rings is 7. The van der Waals surface area contributed by atoms with Gasteiger partial charge in [-0.15, -0.1) is 0 Å². The number of hydrogen-bond donors (Lipinski definition) is 0. The van der Waals surface area contributed by atoms with E-state index in [2.05, 4.69) is 103 Å². The number of furan rings is 1. The van der Waals surface area contributed by atoms with E-state index in [9.17, 15) is 0 Å². The van der Waals surface area contributed by atoms with Gasteiger partial charge in [0.1, 0.15) is 11.2 Å². The van der Waals surface area contributed by atoms with E-state index < -0.39 is 0 Å². The molecule has 0 saturated heterocycles. The quantitative estimate of drug-likeness (QED) is 0.184. The fraction of sp³-hybridized carbons (Fsp3) is 0. The minimum atomic E-state index is 0.601. The molecule has 0 unspecified atom stereocenters. The van der Waals surface area contributed by atoms with Crippen LogP contribution in [-0.4, -0.2) is 15.0 Å². The molecule has 0 radical (unpaired) electrons. The van der Waals surface area contributed by atoms with Crippen molar-refractivity contribution in [2.75, 3.05) is 0 Å². The topological polar surface area (TPSA) is 51.8 Å². The molecule has 0 atom stereocenters. The molecule has 7 aromatic carbocycles. The molecule has 0 aliphatic heterocycles. The number of nitrogens with zero attached hydrogens (tertiary/aromatic N) is 3. The molecule has 0 aliphatic rings. The van der Waals surface area contributed by atoms with Gasteiger partial charge in [0.15, 0.2) is 17.5 Å². The van der Waals surface area contributed by atoms with Crippen LogP contribution in [0.4, 0.5) is 0 Å². The van der Waals surface area contributed by atoms with Crippen molar-refractivity contribution in [3.05, 3.63) is 176 Å². The monoisotopic (exact) mass is 627 g/mol. The number of fused-ring (bicyclic) bond motifs is 3. The normalized spacial score (nSPS) is 11.3. The van der Waals surface area contributed by atoms with E-state index in [4.69, 9.17) is 19.4 Å². The van der Waals surface area contributed by atoms with Gasteiger partial charge in [-0.2, -0.15) is 0 Å². The summed E-state index contributed by atoms with van der Waals surface area (Å²) in [6.45, 7) is 0. The van der Waals surface area contributed by atoms with Gasteiger partial charge >= 0.3 is 0 Å². The molecule has 2 aromatic heterocycles. The summed E-state index contributed by atoms with van der Waals surface area (Å²) in [4.78, 5) is 14.6. The van der Waals surface area contributed by atoms with Gasteiger partial charge in [0.05, 0.1) is 0 Å². The molecule has 0 bridgehead atoms. The molecule has 0 saturated carbocycles. The molecule has 4 heteroatoms.